The number of nitriles is 1. The van der Waals surface area contributed by atoms with Crippen LogP contribution in [0.4, 0.5) is 0 Å². The van der Waals surface area contributed by atoms with E-state index in [1.54, 1.807) is 0 Å². The number of nitrogens with one attached hydrogen (secondary N) is 1. The highest BCUT2D eigenvalue weighted by Gasteiger charge is 2.10. The minimum absolute atomic E-state index is 0.00351. The maximum absolute atomic E-state index is 9.02. The first kappa shape index (κ1) is 15.4. The fraction of sp³-hybridized carbons (Fsp3) is 0.923. The molecule has 0 saturated heterocycles. The quantitative estimate of drug-likeness (QED) is 0.655. The van der Waals surface area contributed by atoms with Crippen molar-refractivity contribution in [3.05, 3.63) is 0 Å². The van der Waals surface area contributed by atoms with Crippen molar-refractivity contribution in [2.24, 2.45) is 0 Å². The number of hydrogen-bond donors (Lipinski definition) is 1. The van der Waals surface area contributed by atoms with Crippen molar-refractivity contribution in [2.75, 3.05) is 19.6 Å². The lowest BCUT2D eigenvalue weighted by Crippen LogP contribution is -2.37. The fourth-order valence-corrected chi connectivity index (χ4v) is 1.87. The summed E-state index contributed by atoms with van der Waals surface area (Å²) >= 11 is 0. The lowest BCUT2D eigenvalue weighted by atomic mass is 10.2. The molecule has 0 aromatic rings. The Kier molecular flexibility index (Phi) is 9.27. The monoisotopic (exact) mass is 225 g/mol. The molecule has 3 heteroatoms. The van der Waals surface area contributed by atoms with E-state index in [4.69, 9.17) is 5.26 Å². The van der Waals surface area contributed by atoms with E-state index in [-0.39, 0.29) is 6.04 Å². The Morgan fingerprint density at radius 1 is 1.12 bits per heavy atom. The molecule has 0 aliphatic carbocycles. The molecule has 0 aromatic heterocycles. The molecular formula is C13H27N3. The Labute approximate surface area is 101 Å². The average Bonchev–Trinajstić information content (AvgIpc) is 2.24. The second kappa shape index (κ2) is 9.62. The number of hydrogen-bond acceptors (Lipinski definition) is 3. The third-order valence-corrected chi connectivity index (χ3v) is 2.50. The van der Waals surface area contributed by atoms with Gasteiger partial charge in [0, 0.05) is 12.6 Å². The molecule has 1 N–H and O–H groups in total. The molecule has 1 atom stereocenters. The van der Waals surface area contributed by atoms with E-state index in [9.17, 15) is 0 Å². The Morgan fingerprint density at radius 3 is 2.06 bits per heavy atom. The van der Waals surface area contributed by atoms with Crippen LogP contribution in [0, 0.1) is 11.3 Å². The van der Waals surface area contributed by atoms with Gasteiger partial charge in [-0.15, -0.1) is 0 Å². The summed E-state index contributed by atoms with van der Waals surface area (Å²) in [5.74, 6) is 0. The molecule has 0 aromatic carbocycles. The molecule has 0 amide bonds. The summed E-state index contributed by atoms with van der Waals surface area (Å²) < 4.78 is 0. The van der Waals surface area contributed by atoms with Crippen LogP contribution in [0.2, 0.25) is 0 Å². The minimum Gasteiger partial charge on any atom is -0.303 e. The van der Waals surface area contributed by atoms with E-state index < -0.39 is 0 Å². The van der Waals surface area contributed by atoms with Crippen LogP contribution in [-0.2, 0) is 0 Å². The van der Waals surface area contributed by atoms with Crippen LogP contribution in [0.15, 0.2) is 0 Å². The molecule has 0 heterocycles. The Morgan fingerprint density at radius 2 is 1.69 bits per heavy atom. The van der Waals surface area contributed by atoms with Crippen molar-refractivity contribution < 1.29 is 0 Å². The maximum atomic E-state index is 9.02. The van der Waals surface area contributed by atoms with Gasteiger partial charge in [-0.25, -0.2) is 0 Å². The van der Waals surface area contributed by atoms with E-state index in [1.165, 1.54) is 12.8 Å². The maximum Gasteiger partial charge on any atom is 0.0967 e. The van der Waals surface area contributed by atoms with Crippen LogP contribution in [-0.4, -0.2) is 36.6 Å². The summed E-state index contributed by atoms with van der Waals surface area (Å²) in [4.78, 5) is 2.45. The van der Waals surface area contributed by atoms with E-state index in [0.717, 1.165) is 26.1 Å². The first-order valence-corrected chi connectivity index (χ1v) is 6.52. The zero-order valence-corrected chi connectivity index (χ0v) is 11.3. The number of rotatable bonds is 9. The highest BCUT2D eigenvalue weighted by molar-refractivity contribution is 4.91. The van der Waals surface area contributed by atoms with Crippen molar-refractivity contribution in [3.8, 4) is 6.07 Å². The lowest BCUT2D eigenvalue weighted by Gasteiger charge is -2.23. The van der Waals surface area contributed by atoms with Gasteiger partial charge in [0.2, 0.25) is 0 Å². The second-order valence-corrected chi connectivity index (χ2v) is 4.63. The SMILES string of the molecule is CCCN(CCC)CCC(C#N)NC(C)C. The van der Waals surface area contributed by atoms with Crippen molar-refractivity contribution in [3.63, 3.8) is 0 Å². The molecule has 0 fully saturated rings. The van der Waals surface area contributed by atoms with Crippen LogP contribution in [0.1, 0.15) is 47.0 Å². The zero-order valence-electron chi connectivity index (χ0n) is 11.3. The van der Waals surface area contributed by atoms with Crippen LogP contribution in [0.25, 0.3) is 0 Å². The smallest absolute Gasteiger partial charge is 0.0967 e. The molecule has 94 valence electrons. The Hall–Kier alpha value is -0.590. The van der Waals surface area contributed by atoms with Crippen molar-refractivity contribution in [2.45, 2.75) is 59.0 Å². The van der Waals surface area contributed by atoms with Crippen LogP contribution >= 0.6 is 0 Å². The molecule has 0 rings (SSSR count). The molecule has 0 aliphatic rings. The topological polar surface area (TPSA) is 39.1 Å². The molecule has 1 unspecified atom stereocenters. The predicted octanol–water partition coefficient (Wildman–Crippen LogP) is 2.39. The molecular weight excluding hydrogens is 198 g/mol. The highest BCUT2D eigenvalue weighted by atomic mass is 15.1. The third-order valence-electron chi connectivity index (χ3n) is 2.50. The first-order valence-electron chi connectivity index (χ1n) is 6.52. The molecule has 0 radical (unpaired) electrons. The molecule has 3 nitrogen and oxygen atoms in total. The second-order valence-electron chi connectivity index (χ2n) is 4.63. The third kappa shape index (κ3) is 7.67. The predicted molar refractivity (Wildman–Crippen MR) is 69.3 cm³/mol. The Bertz CT molecular complexity index is 190. The van der Waals surface area contributed by atoms with Gasteiger partial charge in [0.15, 0.2) is 0 Å². The summed E-state index contributed by atoms with van der Waals surface area (Å²) in [6, 6.07) is 2.72. The van der Waals surface area contributed by atoms with Gasteiger partial charge in [-0.05, 0) is 46.2 Å². The first-order chi connectivity index (χ1) is 7.63. The van der Waals surface area contributed by atoms with Gasteiger partial charge in [0.05, 0.1) is 12.1 Å². The molecule has 0 spiro atoms. The van der Waals surface area contributed by atoms with Crippen molar-refractivity contribution >= 4 is 0 Å². The average molecular weight is 225 g/mol. The van der Waals surface area contributed by atoms with Crippen LogP contribution in [0.5, 0.6) is 0 Å². The van der Waals surface area contributed by atoms with E-state index in [0.29, 0.717) is 6.04 Å². The van der Waals surface area contributed by atoms with Gasteiger partial charge in [0.25, 0.3) is 0 Å². The Balaban J connectivity index is 3.91. The summed E-state index contributed by atoms with van der Waals surface area (Å²) in [5, 5.41) is 12.3. The van der Waals surface area contributed by atoms with E-state index >= 15 is 0 Å². The van der Waals surface area contributed by atoms with Gasteiger partial charge < -0.3 is 4.90 Å². The highest BCUT2D eigenvalue weighted by Crippen LogP contribution is 2.00. The number of nitrogens with zero attached hydrogens (tertiary/aromatic N) is 2. The molecule has 0 aliphatic heterocycles. The lowest BCUT2D eigenvalue weighted by molar-refractivity contribution is 0.262. The largest absolute Gasteiger partial charge is 0.303 e. The fourth-order valence-electron chi connectivity index (χ4n) is 1.87. The van der Waals surface area contributed by atoms with E-state index in [1.807, 2.05) is 0 Å². The summed E-state index contributed by atoms with van der Waals surface area (Å²) in [6.07, 6.45) is 3.30. The molecule has 0 bridgehead atoms. The summed E-state index contributed by atoms with van der Waals surface area (Å²) in [6.45, 7) is 11.9. The molecule has 0 saturated carbocycles. The van der Waals surface area contributed by atoms with Crippen molar-refractivity contribution in [1.29, 1.82) is 5.26 Å². The zero-order chi connectivity index (χ0) is 12.4. The molecule has 16 heavy (non-hydrogen) atoms. The minimum atomic E-state index is -0.00351. The standard InChI is InChI=1S/C13H27N3/c1-5-8-16(9-6-2)10-7-13(11-14)15-12(3)4/h12-13,15H,5-10H2,1-4H3. The van der Waals surface area contributed by atoms with Gasteiger partial charge >= 0.3 is 0 Å². The van der Waals surface area contributed by atoms with Gasteiger partial charge in [-0.2, -0.15) is 5.26 Å². The van der Waals surface area contributed by atoms with Crippen molar-refractivity contribution in [1.82, 2.24) is 10.2 Å². The van der Waals surface area contributed by atoms with E-state index in [2.05, 4.69) is 44.0 Å². The van der Waals surface area contributed by atoms with Gasteiger partial charge in [-0.1, -0.05) is 13.8 Å². The van der Waals surface area contributed by atoms with Crippen LogP contribution < -0.4 is 5.32 Å². The normalized spacial score (nSPS) is 13.1. The van der Waals surface area contributed by atoms with Crippen LogP contribution in [0.3, 0.4) is 0 Å². The van der Waals surface area contributed by atoms with Gasteiger partial charge in [-0.3, -0.25) is 5.32 Å². The summed E-state index contributed by atoms with van der Waals surface area (Å²) in [5.41, 5.74) is 0. The van der Waals surface area contributed by atoms with Gasteiger partial charge in [0.1, 0.15) is 0 Å². The summed E-state index contributed by atoms with van der Waals surface area (Å²) in [7, 11) is 0.